The second kappa shape index (κ2) is 4.79. The van der Waals surface area contributed by atoms with Gasteiger partial charge in [-0.05, 0) is 29.1 Å². The maximum absolute atomic E-state index is 12.1. The number of ketones is 1. The third kappa shape index (κ3) is 2.29. The lowest BCUT2D eigenvalue weighted by molar-refractivity contribution is -0.117. The summed E-state index contributed by atoms with van der Waals surface area (Å²) in [7, 11) is 0. The Morgan fingerprint density at radius 1 is 1.37 bits per heavy atom. The lowest BCUT2D eigenvalue weighted by Crippen LogP contribution is -2.32. The number of hydrogen-bond donors (Lipinski definition) is 0. The maximum atomic E-state index is 12.1. The molecule has 19 heavy (non-hydrogen) atoms. The molecule has 3 nitrogen and oxygen atoms in total. The van der Waals surface area contributed by atoms with Crippen molar-refractivity contribution < 1.29 is 9.59 Å². The molecule has 1 aliphatic heterocycles. The normalized spacial score (nSPS) is 13.7. The molecule has 0 saturated heterocycles. The number of benzene rings is 1. The molecule has 0 saturated carbocycles. The fraction of sp³-hybridized carbons (Fsp3) is 0.143. The summed E-state index contributed by atoms with van der Waals surface area (Å²) >= 11 is 7.34. The van der Waals surface area contributed by atoms with Crippen LogP contribution in [0.25, 0.3) is 0 Å². The van der Waals surface area contributed by atoms with Crippen molar-refractivity contribution in [2.24, 2.45) is 0 Å². The van der Waals surface area contributed by atoms with Crippen molar-refractivity contribution in [2.45, 2.75) is 6.42 Å². The van der Waals surface area contributed by atoms with Gasteiger partial charge in [-0.2, -0.15) is 0 Å². The van der Waals surface area contributed by atoms with E-state index in [4.69, 9.17) is 11.6 Å². The van der Waals surface area contributed by atoms with Gasteiger partial charge in [-0.1, -0.05) is 23.7 Å². The van der Waals surface area contributed by atoms with Crippen molar-refractivity contribution >= 4 is 40.3 Å². The number of fused-ring (bicyclic) bond motifs is 1. The molecule has 5 heteroatoms. The molecule has 1 aromatic heterocycles. The minimum absolute atomic E-state index is 0.0452. The van der Waals surface area contributed by atoms with Crippen LogP contribution in [-0.4, -0.2) is 18.2 Å². The zero-order chi connectivity index (χ0) is 13.4. The first-order chi connectivity index (χ1) is 9.15. The molecule has 0 atom stereocenters. The Morgan fingerprint density at radius 3 is 2.95 bits per heavy atom. The molecule has 0 aliphatic carbocycles. The summed E-state index contributed by atoms with van der Waals surface area (Å²) < 4.78 is 0. The zero-order valence-corrected chi connectivity index (χ0v) is 11.5. The molecule has 0 unspecified atom stereocenters. The number of rotatable bonds is 3. The van der Waals surface area contributed by atoms with Gasteiger partial charge in [0.2, 0.25) is 5.91 Å². The Morgan fingerprint density at radius 2 is 2.21 bits per heavy atom. The zero-order valence-electron chi connectivity index (χ0n) is 9.93. The van der Waals surface area contributed by atoms with E-state index in [1.165, 1.54) is 16.2 Å². The molecule has 3 rings (SSSR count). The summed E-state index contributed by atoms with van der Waals surface area (Å²) in [4.78, 5) is 26.3. The van der Waals surface area contributed by atoms with E-state index < -0.39 is 0 Å². The summed E-state index contributed by atoms with van der Waals surface area (Å²) in [5.74, 6) is -0.0988. The van der Waals surface area contributed by atoms with Crippen molar-refractivity contribution in [1.29, 1.82) is 0 Å². The molecule has 0 spiro atoms. The van der Waals surface area contributed by atoms with Crippen LogP contribution in [0.15, 0.2) is 35.7 Å². The molecule has 2 heterocycles. The van der Waals surface area contributed by atoms with Crippen LogP contribution in [0.5, 0.6) is 0 Å². The SMILES string of the molecule is O=C(CN1C(=O)Cc2ccc(Cl)cc21)c1cccs1. The molecule has 1 amide bonds. The van der Waals surface area contributed by atoms with Crippen LogP contribution in [0.3, 0.4) is 0 Å². The Labute approximate surface area is 119 Å². The molecular formula is C14H10ClNO2S. The number of Topliss-reactive ketones (excluding diaryl/α,β-unsaturated/α-hetero) is 1. The number of carbonyl (C=O) groups is 2. The standard InChI is InChI=1S/C14H10ClNO2S/c15-10-4-3-9-6-14(18)16(11(9)7-10)8-12(17)13-2-1-5-19-13/h1-5,7H,6,8H2. The van der Waals surface area contributed by atoms with E-state index >= 15 is 0 Å². The fourth-order valence-electron chi connectivity index (χ4n) is 2.16. The van der Waals surface area contributed by atoms with Gasteiger partial charge in [0.15, 0.2) is 5.78 Å². The Kier molecular flexibility index (Phi) is 3.12. The minimum atomic E-state index is -0.0535. The first-order valence-corrected chi connectivity index (χ1v) is 7.06. The Hall–Kier alpha value is -1.65. The van der Waals surface area contributed by atoms with Crippen LogP contribution >= 0.6 is 22.9 Å². The van der Waals surface area contributed by atoms with E-state index in [0.717, 1.165) is 11.3 Å². The summed E-state index contributed by atoms with van der Waals surface area (Å²) in [6.45, 7) is 0.0761. The highest BCUT2D eigenvalue weighted by Gasteiger charge is 2.29. The molecule has 1 aliphatic rings. The number of hydrogen-bond acceptors (Lipinski definition) is 3. The van der Waals surface area contributed by atoms with E-state index in [9.17, 15) is 9.59 Å². The van der Waals surface area contributed by atoms with E-state index in [1.807, 2.05) is 17.5 Å². The molecule has 0 bridgehead atoms. The van der Waals surface area contributed by atoms with Gasteiger partial charge in [0.25, 0.3) is 0 Å². The lowest BCUT2D eigenvalue weighted by Gasteiger charge is -2.16. The van der Waals surface area contributed by atoms with E-state index in [-0.39, 0.29) is 18.2 Å². The van der Waals surface area contributed by atoms with Crippen LogP contribution in [-0.2, 0) is 11.2 Å². The van der Waals surface area contributed by atoms with E-state index in [2.05, 4.69) is 0 Å². The fourth-order valence-corrected chi connectivity index (χ4v) is 2.99. The third-order valence-corrected chi connectivity index (χ3v) is 4.22. The van der Waals surface area contributed by atoms with Gasteiger partial charge in [0.1, 0.15) is 0 Å². The lowest BCUT2D eigenvalue weighted by atomic mass is 10.2. The van der Waals surface area contributed by atoms with Gasteiger partial charge in [-0.15, -0.1) is 11.3 Å². The van der Waals surface area contributed by atoms with Crippen molar-refractivity contribution in [1.82, 2.24) is 0 Å². The smallest absolute Gasteiger partial charge is 0.231 e. The highest BCUT2D eigenvalue weighted by Crippen LogP contribution is 2.31. The highest BCUT2D eigenvalue weighted by atomic mass is 35.5. The Bertz CT molecular complexity index is 651. The van der Waals surface area contributed by atoms with Gasteiger partial charge >= 0.3 is 0 Å². The van der Waals surface area contributed by atoms with Gasteiger partial charge in [0, 0.05) is 10.7 Å². The van der Waals surface area contributed by atoms with Crippen molar-refractivity contribution in [3.8, 4) is 0 Å². The van der Waals surface area contributed by atoms with Crippen molar-refractivity contribution in [3.05, 3.63) is 51.2 Å². The minimum Gasteiger partial charge on any atom is -0.304 e. The average Bonchev–Trinajstić information content (AvgIpc) is 2.99. The number of thiophene rings is 1. The topological polar surface area (TPSA) is 37.4 Å². The van der Waals surface area contributed by atoms with Crippen molar-refractivity contribution in [3.63, 3.8) is 0 Å². The van der Waals surface area contributed by atoms with Gasteiger partial charge in [-0.3, -0.25) is 9.59 Å². The van der Waals surface area contributed by atoms with E-state index in [0.29, 0.717) is 16.3 Å². The predicted molar refractivity (Wildman–Crippen MR) is 76.2 cm³/mol. The second-order valence-corrected chi connectivity index (χ2v) is 5.71. The molecule has 0 radical (unpaired) electrons. The molecule has 1 aromatic carbocycles. The third-order valence-electron chi connectivity index (χ3n) is 3.08. The molecule has 96 valence electrons. The average molecular weight is 292 g/mol. The van der Waals surface area contributed by atoms with Crippen LogP contribution in [0.2, 0.25) is 5.02 Å². The number of halogens is 1. The van der Waals surface area contributed by atoms with Gasteiger partial charge in [-0.25, -0.2) is 0 Å². The number of amides is 1. The summed E-state index contributed by atoms with van der Waals surface area (Å²) in [6, 6.07) is 8.94. The first-order valence-electron chi connectivity index (χ1n) is 5.80. The molecule has 2 aromatic rings. The van der Waals surface area contributed by atoms with Crippen LogP contribution in [0, 0.1) is 0 Å². The highest BCUT2D eigenvalue weighted by molar-refractivity contribution is 7.12. The summed E-state index contributed by atoms with van der Waals surface area (Å²) in [5.41, 5.74) is 1.68. The van der Waals surface area contributed by atoms with Crippen LogP contribution in [0.4, 0.5) is 5.69 Å². The molecular weight excluding hydrogens is 282 g/mol. The van der Waals surface area contributed by atoms with Crippen LogP contribution in [0.1, 0.15) is 15.2 Å². The Balaban J connectivity index is 1.88. The number of nitrogens with zero attached hydrogens (tertiary/aromatic N) is 1. The van der Waals surface area contributed by atoms with Crippen molar-refractivity contribution in [2.75, 3.05) is 11.4 Å². The van der Waals surface area contributed by atoms with Gasteiger partial charge in [0.05, 0.1) is 17.8 Å². The summed E-state index contributed by atoms with van der Waals surface area (Å²) in [6.07, 6.45) is 0.338. The monoisotopic (exact) mass is 291 g/mol. The number of anilines is 1. The molecule has 0 fully saturated rings. The number of carbonyl (C=O) groups excluding carboxylic acids is 2. The largest absolute Gasteiger partial charge is 0.304 e. The van der Waals surface area contributed by atoms with Gasteiger partial charge < -0.3 is 4.90 Å². The maximum Gasteiger partial charge on any atom is 0.231 e. The van der Waals surface area contributed by atoms with E-state index in [1.54, 1.807) is 18.2 Å². The first kappa shape index (κ1) is 12.4. The summed E-state index contributed by atoms with van der Waals surface area (Å²) in [5, 5.41) is 2.42. The predicted octanol–water partition coefficient (Wildman–Crippen LogP) is 3.17. The van der Waals surface area contributed by atoms with Crippen LogP contribution < -0.4 is 4.90 Å². The second-order valence-electron chi connectivity index (χ2n) is 4.33. The molecule has 0 N–H and O–H groups in total. The quantitative estimate of drug-likeness (QED) is 0.815.